The molecular formula is C13H17NO4S. The first-order valence-electron chi connectivity index (χ1n) is 6.23. The molecule has 19 heavy (non-hydrogen) atoms. The van der Waals surface area contributed by atoms with E-state index in [0.717, 1.165) is 6.42 Å². The van der Waals surface area contributed by atoms with E-state index >= 15 is 0 Å². The Morgan fingerprint density at radius 1 is 1.58 bits per heavy atom. The van der Waals surface area contributed by atoms with Crippen LogP contribution in [0.3, 0.4) is 0 Å². The molecule has 104 valence electrons. The number of methoxy groups -OCH3 is 1. The number of aliphatic carboxylic acids is 1. The Kier molecular flexibility index (Phi) is 3.80. The van der Waals surface area contributed by atoms with Gasteiger partial charge in [-0.1, -0.05) is 6.92 Å². The molecule has 6 heteroatoms. The van der Waals surface area contributed by atoms with Gasteiger partial charge in [0.05, 0.1) is 7.11 Å². The molecule has 0 spiro atoms. The van der Waals surface area contributed by atoms with Crippen LogP contribution in [0.2, 0.25) is 0 Å². The van der Waals surface area contributed by atoms with Gasteiger partial charge in [-0.3, -0.25) is 4.79 Å². The third-order valence-electron chi connectivity index (χ3n) is 3.76. The molecule has 0 radical (unpaired) electrons. The van der Waals surface area contributed by atoms with Crippen LogP contribution in [0.1, 0.15) is 35.9 Å². The summed E-state index contributed by atoms with van der Waals surface area (Å²) in [4.78, 5) is 26.1. The molecule has 1 fully saturated rings. The third-order valence-corrected chi connectivity index (χ3v) is 4.64. The van der Waals surface area contributed by atoms with Crippen molar-refractivity contribution in [2.75, 3.05) is 13.7 Å². The van der Waals surface area contributed by atoms with E-state index in [4.69, 9.17) is 4.74 Å². The highest BCUT2D eigenvalue weighted by atomic mass is 32.1. The Balaban J connectivity index is 2.35. The van der Waals surface area contributed by atoms with Crippen molar-refractivity contribution in [3.63, 3.8) is 0 Å². The second-order valence-corrected chi connectivity index (χ2v) is 5.48. The van der Waals surface area contributed by atoms with Gasteiger partial charge in [0.2, 0.25) is 0 Å². The number of amides is 1. The second kappa shape index (κ2) is 5.21. The van der Waals surface area contributed by atoms with Crippen LogP contribution < -0.4 is 4.74 Å². The summed E-state index contributed by atoms with van der Waals surface area (Å²) in [5.74, 6) is -0.651. The van der Waals surface area contributed by atoms with Gasteiger partial charge < -0.3 is 14.7 Å². The van der Waals surface area contributed by atoms with Crippen molar-refractivity contribution in [1.82, 2.24) is 4.90 Å². The average molecular weight is 283 g/mol. The van der Waals surface area contributed by atoms with Crippen molar-refractivity contribution < 1.29 is 19.4 Å². The number of likely N-dealkylation sites (tertiary alicyclic amines) is 1. The van der Waals surface area contributed by atoms with E-state index in [2.05, 4.69) is 0 Å². The number of carboxylic acids is 1. The monoisotopic (exact) mass is 283 g/mol. The summed E-state index contributed by atoms with van der Waals surface area (Å²) in [5, 5.41) is 11.3. The number of rotatable bonds is 4. The zero-order valence-electron chi connectivity index (χ0n) is 11.0. The molecule has 0 aromatic carbocycles. The molecule has 1 aliphatic heterocycles. The summed E-state index contributed by atoms with van der Waals surface area (Å²) in [6.45, 7) is 2.30. The first kappa shape index (κ1) is 13.9. The number of carboxylic acid groups (broad SMARTS) is 1. The predicted octanol–water partition coefficient (Wildman–Crippen LogP) is 2.23. The highest BCUT2D eigenvalue weighted by Crippen LogP contribution is 2.36. The number of nitrogens with zero attached hydrogens (tertiary/aromatic N) is 1. The lowest BCUT2D eigenvalue weighted by molar-refractivity contribution is -0.148. The molecule has 2 rings (SSSR count). The molecule has 0 bridgehead atoms. The molecule has 2 heterocycles. The maximum absolute atomic E-state index is 12.6. The van der Waals surface area contributed by atoms with E-state index in [-0.39, 0.29) is 5.91 Å². The molecule has 1 saturated heterocycles. The van der Waals surface area contributed by atoms with Crippen LogP contribution >= 0.6 is 11.3 Å². The fourth-order valence-electron chi connectivity index (χ4n) is 2.65. The number of carbonyl (C=O) groups excluding carboxylic acids is 1. The van der Waals surface area contributed by atoms with Crippen LogP contribution in [-0.4, -0.2) is 41.1 Å². The minimum atomic E-state index is -1.06. The lowest BCUT2D eigenvalue weighted by Gasteiger charge is -2.33. The van der Waals surface area contributed by atoms with Gasteiger partial charge in [0.1, 0.15) is 16.2 Å². The highest BCUT2D eigenvalue weighted by Gasteiger charge is 2.49. The topological polar surface area (TPSA) is 66.8 Å². The molecule has 1 aromatic heterocycles. The first-order valence-corrected chi connectivity index (χ1v) is 7.11. The van der Waals surface area contributed by atoms with Crippen LogP contribution in [0.5, 0.6) is 5.75 Å². The third kappa shape index (κ3) is 2.10. The lowest BCUT2D eigenvalue weighted by Crippen LogP contribution is -2.52. The minimum absolute atomic E-state index is 0.242. The largest absolute Gasteiger partial charge is 0.495 e. The molecule has 0 saturated carbocycles. The predicted molar refractivity (Wildman–Crippen MR) is 71.8 cm³/mol. The van der Waals surface area contributed by atoms with Crippen LogP contribution in [0.4, 0.5) is 0 Å². The minimum Gasteiger partial charge on any atom is -0.495 e. The highest BCUT2D eigenvalue weighted by molar-refractivity contribution is 7.12. The lowest BCUT2D eigenvalue weighted by atomic mass is 9.93. The Bertz CT molecular complexity index is 499. The standard InChI is InChI=1S/C13H17NO4S/c1-3-13(12(16)17)6-4-7-14(13)11(15)10-9(18-2)5-8-19-10/h5,8H,3-4,6-7H2,1-2H3,(H,16,17). The molecule has 1 aliphatic rings. The average Bonchev–Trinajstić information content (AvgIpc) is 3.04. The van der Waals surface area contributed by atoms with Crippen molar-refractivity contribution in [3.8, 4) is 5.75 Å². The number of hydrogen-bond acceptors (Lipinski definition) is 4. The molecule has 1 aromatic rings. The van der Waals surface area contributed by atoms with E-state index in [0.29, 0.717) is 30.0 Å². The Labute approximate surface area is 115 Å². The van der Waals surface area contributed by atoms with Crippen molar-refractivity contribution in [1.29, 1.82) is 0 Å². The van der Waals surface area contributed by atoms with Crippen LogP contribution in [0, 0.1) is 0 Å². The number of hydrogen-bond donors (Lipinski definition) is 1. The summed E-state index contributed by atoms with van der Waals surface area (Å²) in [6.07, 6.45) is 1.65. The van der Waals surface area contributed by atoms with Crippen molar-refractivity contribution in [2.24, 2.45) is 0 Å². The second-order valence-electron chi connectivity index (χ2n) is 4.57. The number of ether oxygens (including phenoxy) is 1. The molecule has 1 unspecified atom stereocenters. The molecular weight excluding hydrogens is 266 g/mol. The zero-order chi connectivity index (χ0) is 14.0. The van der Waals surface area contributed by atoms with E-state index in [1.165, 1.54) is 23.3 Å². The van der Waals surface area contributed by atoms with Gasteiger partial charge >= 0.3 is 5.97 Å². The molecule has 1 N–H and O–H groups in total. The molecule has 0 aliphatic carbocycles. The Morgan fingerprint density at radius 3 is 2.89 bits per heavy atom. The summed E-state index contributed by atoms with van der Waals surface area (Å²) in [5.41, 5.74) is -1.06. The Hall–Kier alpha value is -1.56. The molecule has 1 atom stereocenters. The normalized spacial score (nSPS) is 22.5. The maximum Gasteiger partial charge on any atom is 0.329 e. The summed E-state index contributed by atoms with van der Waals surface area (Å²) in [6, 6.07) is 1.72. The summed E-state index contributed by atoms with van der Waals surface area (Å²) in [7, 11) is 1.51. The number of thiophene rings is 1. The van der Waals surface area contributed by atoms with Gasteiger partial charge in [-0.05, 0) is 30.7 Å². The quantitative estimate of drug-likeness (QED) is 0.920. The molecule has 1 amide bonds. The number of carbonyl (C=O) groups is 2. The van der Waals surface area contributed by atoms with Gasteiger partial charge in [-0.25, -0.2) is 4.79 Å². The smallest absolute Gasteiger partial charge is 0.329 e. The summed E-state index contributed by atoms with van der Waals surface area (Å²) >= 11 is 1.28. The van der Waals surface area contributed by atoms with Gasteiger partial charge in [0.25, 0.3) is 5.91 Å². The summed E-state index contributed by atoms with van der Waals surface area (Å²) < 4.78 is 5.14. The van der Waals surface area contributed by atoms with Crippen LogP contribution in [0.15, 0.2) is 11.4 Å². The first-order chi connectivity index (χ1) is 9.06. The van der Waals surface area contributed by atoms with Crippen LogP contribution in [-0.2, 0) is 4.79 Å². The maximum atomic E-state index is 12.6. The van der Waals surface area contributed by atoms with E-state index in [1.54, 1.807) is 11.4 Å². The zero-order valence-corrected chi connectivity index (χ0v) is 11.8. The van der Waals surface area contributed by atoms with Crippen LogP contribution in [0.25, 0.3) is 0 Å². The Morgan fingerprint density at radius 2 is 2.32 bits per heavy atom. The van der Waals surface area contributed by atoms with E-state index < -0.39 is 11.5 Å². The van der Waals surface area contributed by atoms with Crippen molar-refractivity contribution in [2.45, 2.75) is 31.7 Å². The van der Waals surface area contributed by atoms with Crippen molar-refractivity contribution in [3.05, 3.63) is 16.3 Å². The van der Waals surface area contributed by atoms with Gasteiger partial charge in [0, 0.05) is 6.54 Å². The van der Waals surface area contributed by atoms with Gasteiger partial charge in [-0.2, -0.15) is 0 Å². The van der Waals surface area contributed by atoms with Gasteiger partial charge in [-0.15, -0.1) is 11.3 Å². The fourth-order valence-corrected chi connectivity index (χ4v) is 3.46. The van der Waals surface area contributed by atoms with E-state index in [9.17, 15) is 14.7 Å². The SMILES string of the molecule is CCC1(C(=O)O)CCCN1C(=O)c1sccc1OC. The van der Waals surface area contributed by atoms with Crippen molar-refractivity contribution >= 4 is 23.2 Å². The van der Waals surface area contributed by atoms with E-state index in [1.807, 2.05) is 6.92 Å². The fraction of sp³-hybridized carbons (Fsp3) is 0.538. The van der Waals surface area contributed by atoms with Gasteiger partial charge in [0.15, 0.2) is 0 Å². The molecule has 5 nitrogen and oxygen atoms in total.